The van der Waals surface area contributed by atoms with Crippen molar-refractivity contribution in [2.45, 2.75) is 19.4 Å². The molecule has 0 spiro atoms. The molecule has 4 aromatic rings. The lowest BCUT2D eigenvalue weighted by atomic mass is 10.0. The van der Waals surface area contributed by atoms with Crippen molar-refractivity contribution in [1.82, 2.24) is 15.1 Å². The predicted molar refractivity (Wildman–Crippen MR) is 133 cm³/mol. The summed E-state index contributed by atoms with van der Waals surface area (Å²) in [6, 6.07) is 24.3. The number of halogens is 1. The van der Waals surface area contributed by atoms with E-state index in [2.05, 4.69) is 34.2 Å². The van der Waals surface area contributed by atoms with Gasteiger partial charge in [-0.25, -0.2) is 4.39 Å². The lowest BCUT2D eigenvalue weighted by Gasteiger charge is -2.40. The maximum Gasteiger partial charge on any atom is 0.227 e. The molecule has 0 unspecified atom stereocenters. The number of aromatic nitrogens is 2. The van der Waals surface area contributed by atoms with Gasteiger partial charge in [0.15, 0.2) is 5.82 Å². The summed E-state index contributed by atoms with van der Waals surface area (Å²) in [4.78, 5) is 16.9. The van der Waals surface area contributed by atoms with E-state index in [0.29, 0.717) is 25.2 Å². The van der Waals surface area contributed by atoms with Crippen LogP contribution in [-0.4, -0.2) is 46.7 Å². The monoisotopic (exact) mass is 465 g/mol. The van der Waals surface area contributed by atoms with Crippen LogP contribution in [0.2, 0.25) is 0 Å². The number of anilines is 1. The number of carbonyl (C=O) groups is 1. The Labute approximate surface area is 203 Å². The summed E-state index contributed by atoms with van der Waals surface area (Å²) >= 11 is 0. The lowest BCUT2D eigenvalue weighted by molar-refractivity contribution is -0.131. The van der Waals surface area contributed by atoms with Gasteiger partial charge in [0.25, 0.3) is 0 Å². The topological polar surface area (TPSA) is 73.1 Å². The Kier molecular flexibility index (Phi) is 6.11. The second kappa shape index (κ2) is 9.51. The van der Waals surface area contributed by atoms with Crippen molar-refractivity contribution in [3.8, 4) is 17.3 Å². The Balaban J connectivity index is 1.36. The molecule has 3 aromatic carbocycles. The van der Waals surface area contributed by atoms with Crippen molar-refractivity contribution >= 4 is 22.5 Å². The Bertz CT molecular complexity index is 1430. The zero-order valence-electron chi connectivity index (χ0n) is 19.4. The van der Waals surface area contributed by atoms with Gasteiger partial charge in [0, 0.05) is 42.0 Å². The molecule has 0 radical (unpaired) electrons. The second-order valence-electron chi connectivity index (χ2n) is 8.76. The molecule has 0 bridgehead atoms. The summed E-state index contributed by atoms with van der Waals surface area (Å²) in [5.41, 5.74) is 2.40. The number of nitriles is 1. The number of fused-ring (bicyclic) bond motifs is 1. The number of piperazine rings is 1. The molecule has 1 amide bonds. The Morgan fingerprint density at radius 2 is 1.77 bits per heavy atom. The van der Waals surface area contributed by atoms with Gasteiger partial charge >= 0.3 is 0 Å². The van der Waals surface area contributed by atoms with Crippen molar-refractivity contribution in [1.29, 1.82) is 5.26 Å². The van der Waals surface area contributed by atoms with E-state index in [9.17, 15) is 9.18 Å². The molecule has 0 aliphatic carbocycles. The molecule has 174 valence electrons. The number of nitrogens with zero attached hydrogens (tertiary/aromatic N) is 5. The molecule has 1 aliphatic rings. The minimum atomic E-state index is -0.524. The van der Waals surface area contributed by atoms with Crippen LogP contribution in [0.25, 0.3) is 22.0 Å². The van der Waals surface area contributed by atoms with Gasteiger partial charge in [0.2, 0.25) is 5.91 Å². The standard InChI is InChI=1S/C28H24FN5O/c1-19-18-33(26(35)16-22-12-11-20(17-30)15-25(22)29)13-14-34(19)28-24-10-6-5-9-23(24)27(31-32-28)21-7-3-2-4-8-21/h2-12,15,19H,13-14,16,18H2,1H3/t19-/m0/s1. The van der Waals surface area contributed by atoms with E-state index >= 15 is 0 Å². The van der Waals surface area contributed by atoms with E-state index in [1.54, 1.807) is 4.90 Å². The van der Waals surface area contributed by atoms with E-state index in [1.165, 1.54) is 18.2 Å². The van der Waals surface area contributed by atoms with Gasteiger partial charge in [0.1, 0.15) is 11.5 Å². The number of benzene rings is 3. The molecular weight excluding hydrogens is 441 g/mol. The van der Waals surface area contributed by atoms with Crippen LogP contribution in [-0.2, 0) is 11.2 Å². The van der Waals surface area contributed by atoms with Crippen molar-refractivity contribution in [3.63, 3.8) is 0 Å². The first kappa shape index (κ1) is 22.5. The Morgan fingerprint density at radius 1 is 1.03 bits per heavy atom. The molecule has 0 N–H and O–H groups in total. The fourth-order valence-corrected chi connectivity index (χ4v) is 4.64. The largest absolute Gasteiger partial charge is 0.348 e. The first-order valence-corrected chi connectivity index (χ1v) is 11.6. The molecule has 1 saturated heterocycles. The van der Waals surface area contributed by atoms with E-state index in [4.69, 9.17) is 5.26 Å². The SMILES string of the molecule is C[C@H]1CN(C(=O)Cc2ccc(C#N)cc2F)CCN1c1nnc(-c2ccccc2)c2ccccc12. The van der Waals surface area contributed by atoms with Crippen LogP contribution in [0.5, 0.6) is 0 Å². The minimum absolute atomic E-state index is 0.0128. The van der Waals surface area contributed by atoms with E-state index in [-0.39, 0.29) is 23.9 Å². The van der Waals surface area contributed by atoms with Crippen LogP contribution < -0.4 is 4.90 Å². The number of hydrogen-bond donors (Lipinski definition) is 0. The average Bonchev–Trinajstić information content (AvgIpc) is 2.89. The molecule has 1 fully saturated rings. The maximum absolute atomic E-state index is 14.3. The van der Waals surface area contributed by atoms with E-state index < -0.39 is 5.82 Å². The summed E-state index contributed by atoms with van der Waals surface area (Å²) < 4.78 is 14.3. The molecule has 6 nitrogen and oxygen atoms in total. The average molecular weight is 466 g/mol. The van der Waals surface area contributed by atoms with Crippen LogP contribution in [0, 0.1) is 17.1 Å². The molecule has 0 saturated carbocycles. The number of amides is 1. The highest BCUT2D eigenvalue weighted by atomic mass is 19.1. The number of rotatable bonds is 4. The quantitative estimate of drug-likeness (QED) is 0.441. The summed E-state index contributed by atoms with van der Waals surface area (Å²) in [6.45, 7) is 3.68. The highest BCUT2D eigenvalue weighted by Crippen LogP contribution is 2.32. The van der Waals surface area contributed by atoms with Gasteiger partial charge in [-0.2, -0.15) is 5.26 Å². The van der Waals surface area contributed by atoms with Gasteiger partial charge < -0.3 is 9.80 Å². The number of hydrogen-bond acceptors (Lipinski definition) is 5. The van der Waals surface area contributed by atoms with Crippen LogP contribution in [0.3, 0.4) is 0 Å². The zero-order chi connectivity index (χ0) is 24.4. The fraction of sp³-hybridized carbons (Fsp3) is 0.214. The third-order valence-corrected chi connectivity index (χ3v) is 6.49. The van der Waals surface area contributed by atoms with Crippen molar-refractivity contribution in [3.05, 3.63) is 89.7 Å². The minimum Gasteiger partial charge on any atom is -0.348 e. The van der Waals surface area contributed by atoms with Gasteiger partial charge in [-0.1, -0.05) is 60.7 Å². The normalized spacial score (nSPS) is 15.7. The van der Waals surface area contributed by atoms with Crippen LogP contribution in [0.15, 0.2) is 72.8 Å². The first-order valence-electron chi connectivity index (χ1n) is 11.6. The van der Waals surface area contributed by atoms with Crippen molar-refractivity contribution in [2.75, 3.05) is 24.5 Å². The van der Waals surface area contributed by atoms with Crippen molar-refractivity contribution in [2.24, 2.45) is 0 Å². The van der Waals surface area contributed by atoms with Crippen molar-refractivity contribution < 1.29 is 9.18 Å². The fourth-order valence-electron chi connectivity index (χ4n) is 4.64. The van der Waals surface area contributed by atoms with Gasteiger partial charge in [0.05, 0.1) is 18.1 Å². The van der Waals surface area contributed by atoms with Crippen LogP contribution >= 0.6 is 0 Å². The predicted octanol–water partition coefficient (Wildman–Crippen LogP) is 4.59. The third-order valence-electron chi connectivity index (χ3n) is 6.49. The Morgan fingerprint density at radius 3 is 2.49 bits per heavy atom. The summed E-state index contributed by atoms with van der Waals surface area (Å²) in [5.74, 6) is 0.151. The maximum atomic E-state index is 14.3. The molecular formula is C28H24FN5O. The molecule has 1 aliphatic heterocycles. The van der Waals surface area contributed by atoms with Crippen LogP contribution in [0.1, 0.15) is 18.1 Å². The lowest BCUT2D eigenvalue weighted by Crippen LogP contribution is -2.54. The smallest absolute Gasteiger partial charge is 0.227 e. The molecule has 7 heteroatoms. The highest BCUT2D eigenvalue weighted by Gasteiger charge is 2.29. The highest BCUT2D eigenvalue weighted by molar-refractivity contribution is 6.00. The van der Waals surface area contributed by atoms with Gasteiger partial charge in [-0.15, -0.1) is 10.2 Å². The number of carbonyl (C=O) groups excluding carboxylic acids is 1. The molecule has 5 rings (SSSR count). The summed E-state index contributed by atoms with van der Waals surface area (Å²) in [7, 11) is 0. The molecule has 1 aromatic heterocycles. The molecule has 2 heterocycles. The second-order valence-corrected chi connectivity index (χ2v) is 8.76. The van der Waals surface area contributed by atoms with E-state index in [1.807, 2.05) is 48.5 Å². The molecule has 35 heavy (non-hydrogen) atoms. The Hall–Kier alpha value is -4.31. The first-order chi connectivity index (χ1) is 17.0. The molecule has 1 atom stereocenters. The van der Waals surface area contributed by atoms with Gasteiger partial charge in [-0.05, 0) is 24.6 Å². The van der Waals surface area contributed by atoms with E-state index in [0.717, 1.165) is 27.8 Å². The van der Waals surface area contributed by atoms with Crippen LogP contribution in [0.4, 0.5) is 10.2 Å². The third kappa shape index (κ3) is 4.43. The zero-order valence-corrected chi connectivity index (χ0v) is 19.4. The summed E-state index contributed by atoms with van der Waals surface area (Å²) in [5, 5.41) is 20.2. The summed E-state index contributed by atoms with van der Waals surface area (Å²) in [6.07, 6.45) is -0.0290. The van der Waals surface area contributed by atoms with Gasteiger partial charge in [-0.3, -0.25) is 4.79 Å².